The van der Waals surface area contributed by atoms with E-state index in [9.17, 15) is 19.8 Å². The Kier molecular flexibility index (Phi) is 12.4. The summed E-state index contributed by atoms with van der Waals surface area (Å²) >= 11 is 12.8. The molecule has 9 heteroatoms. The van der Waals surface area contributed by atoms with Crippen LogP contribution in [-0.2, 0) is 41.9 Å². The molecule has 2 aliphatic rings. The van der Waals surface area contributed by atoms with Crippen molar-refractivity contribution in [3.05, 3.63) is 140 Å². The molecule has 1 heterocycles. The van der Waals surface area contributed by atoms with E-state index < -0.39 is 28.7 Å². The molecular formula is C48H58Cl2N2O5. The third-order valence-electron chi connectivity index (χ3n) is 13.4. The SMILES string of the molecule is CCC1(CC)OC(CCCN(C)[C@](C)(C(=O)O)c2ccc3c(c2)C(C)(C)CC3(CCCN(C)CC(=O)O)c2ccc(Cl)cc2)(c2ccc(Cl)cc2)c2ccccc21. The van der Waals surface area contributed by atoms with Gasteiger partial charge in [0.15, 0.2) is 0 Å². The molecule has 0 bridgehead atoms. The number of ether oxygens (including phenoxy) is 1. The molecule has 0 saturated heterocycles. The van der Waals surface area contributed by atoms with Gasteiger partial charge in [-0.1, -0.05) is 118 Å². The molecule has 0 saturated carbocycles. The van der Waals surface area contributed by atoms with Crippen molar-refractivity contribution in [2.45, 2.75) is 107 Å². The first-order chi connectivity index (χ1) is 27.0. The van der Waals surface area contributed by atoms with Crippen LogP contribution in [0.2, 0.25) is 10.0 Å². The van der Waals surface area contributed by atoms with E-state index in [1.54, 1.807) is 0 Å². The van der Waals surface area contributed by atoms with E-state index >= 15 is 0 Å². The van der Waals surface area contributed by atoms with Gasteiger partial charge in [0.2, 0.25) is 0 Å². The van der Waals surface area contributed by atoms with Crippen LogP contribution in [0.4, 0.5) is 0 Å². The number of aliphatic carboxylic acids is 2. The average molecular weight is 814 g/mol. The lowest BCUT2D eigenvalue weighted by molar-refractivity contribution is -0.151. The van der Waals surface area contributed by atoms with E-state index in [4.69, 9.17) is 27.9 Å². The summed E-state index contributed by atoms with van der Waals surface area (Å²) in [7, 11) is 3.75. The first kappa shape index (κ1) is 42.9. The Balaban J connectivity index is 1.32. The standard InChI is InChI=1S/C48H58Cl2N2O5/c1-8-47(9-2)39-14-10-11-15-40(39)48(57-47,34-18-23-37(50)24-19-34)27-13-29-52(7)45(5,43(55)56)35-20-25-38-41(30-35)44(3,4)32-46(38,33-16-21-36(49)22-17-33)26-12-28-51(6)31-42(53)54/h10-11,14-25,30H,8-9,12-13,26-29,31-32H2,1-7H3,(H,53,54)(H,55,56)/t45-,46?,48?/m0/s1. The smallest absolute Gasteiger partial charge is 0.328 e. The van der Waals surface area contributed by atoms with Crippen molar-refractivity contribution in [2.75, 3.05) is 33.7 Å². The van der Waals surface area contributed by atoms with Gasteiger partial charge in [0.25, 0.3) is 0 Å². The molecular weight excluding hydrogens is 755 g/mol. The van der Waals surface area contributed by atoms with Gasteiger partial charge < -0.3 is 14.9 Å². The van der Waals surface area contributed by atoms with Crippen LogP contribution in [0.25, 0.3) is 0 Å². The van der Waals surface area contributed by atoms with Gasteiger partial charge in [-0.3, -0.25) is 14.6 Å². The minimum Gasteiger partial charge on any atom is -0.480 e. The van der Waals surface area contributed by atoms with Crippen LogP contribution in [0.3, 0.4) is 0 Å². The second kappa shape index (κ2) is 16.5. The topological polar surface area (TPSA) is 90.3 Å². The minimum atomic E-state index is -1.31. The normalized spacial score (nSPS) is 21.7. The first-order valence-corrected chi connectivity index (χ1v) is 21.1. The third kappa shape index (κ3) is 7.79. The van der Waals surface area contributed by atoms with Crippen LogP contribution in [0.1, 0.15) is 119 Å². The summed E-state index contributed by atoms with van der Waals surface area (Å²) in [5, 5.41) is 21.7. The molecule has 4 aromatic carbocycles. The van der Waals surface area contributed by atoms with Crippen molar-refractivity contribution >= 4 is 35.1 Å². The van der Waals surface area contributed by atoms with Gasteiger partial charge in [-0.25, -0.2) is 4.79 Å². The monoisotopic (exact) mass is 812 g/mol. The molecule has 0 amide bonds. The molecule has 6 rings (SSSR count). The molecule has 57 heavy (non-hydrogen) atoms. The number of rotatable bonds is 17. The lowest BCUT2D eigenvalue weighted by atomic mass is 9.70. The Hall–Kier alpha value is -3.72. The largest absolute Gasteiger partial charge is 0.480 e. The zero-order chi connectivity index (χ0) is 41.4. The second-order valence-electron chi connectivity index (χ2n) is 17.2. The minimum absolute atomic E-state index is 0.0125. The molecule has 3 atom stereocenters. The predicted molar refractivity (Wildman–Crippen MR) is 230 cm³/mol. The number of likely N-dealkylation sites (N-methyl/N-ethyl adjacent to an activating group) is 2. The van der Waals surface area contributed by atoms with Gasteiger partial charge in [-0.15, -0.1) is 0 Å². The van der Waals surface area contributed by atoms with Crippen molar-refractivity contribution in [1.82, 2.24) is 9.80 Å². The molecule has 1 aliphatic heterocycles. The highest BCUT2D eigenvalue weighted by molar-refractivity contribution is 6.30. The van der Waals surface area contributed by atoms with Crippen LogP contribution < -0.4 is 0 Å². The number of hydrogen-bond acceptors (Lipinski definition) is 5. The number of nitrogens with zero attached hydrogens (tertiary/aromatic N) is 2. The first-order valence-electron chi connectivity index (χ1n) is 20.3. The molecule has 0 radical (unpaired) electrons. The summed E-state index contributed by atoms with van der Waals surface area (Å²) in [6.45, 7) is 11.8. The molecule has 1 aliphatic carbocycles. The Labute approximate surface area is 349 Å². The maximum absolute atomic E-state index is 13.5. The van der Waals surface area contributed by atoms with Crippen molar-refractivity contribution in [2.24, 2.45) is 0 Å². The molecule has 4 aromatic rings. The van der Waals surface area contributed by atoms with Gasteiger partial charge in [-0.05, 0) is 148 Å². The van der Waals surface area contributed by atoms with Crippen molar-refractivity contribution in [3.63, 3.8) is 0 Å². The van der Waals surface area contributed by atoms with Gasteiger partial charge in [0, 0.05) is 15.5 Å². The van der Waals surface area contributed by atoms with Gasteiger partial charge >= 0.3 is 11.9 Å². The van der Waals surface area contributed by atoms with E-state index in [-0.39, 0.29) is 17.4 Å². The summed E-state index contributed by atoms with van der Waals surface area (Å²) in [5.74, 6) is -1.75. The van der Waals surface area contributed by atoms with Gasteiger partial charge in [0.1, 0.15) is 11.1 Å². The lowest BCUT2D eigenvalue weighted by Gasteiger charge is -2.39. The number of carboxylic acid groups (broad SMARTS) is 2. The Morgan fingerprint density at radius 1 is 0.754 bits per heavy atom. The van der Waals surface area contributed by atoms with Crippen molar-refractivity contribution in [1.29, 1.82) is 0 Å². The highest BCUT2D eigenvalue weighted by Gasteiger charge is 2.53. The third-order valence-corrected chi connectivity index (χ3v) is 13.9. The number of carbonyl (C=O) groups is 2. The van der Waals surface area contributed by atoms with Crippen molar-refractivity contribution < 1.29 is 24.5 Å². The van der Waals surface area contributed by atoms with E-state index in [2.05, 4.69) is 88.4 Å². The lowest BCUT2D eigenvalue weighted by Crippen LogP contribution is -2.48. The number of fused-ring (bicyclic) bond motifs is 2. The fourth-order valence-corrected chi connectivity index (χ4v) is 10.4. The number of carboxylic acids is 2. The molecule has 2 N–H and O–H groups in total. The molecule has 304 valence electrons. The van der Waals surface area contributed by atoms with Crippen molar-refractivity contribution in [3.8, 4) is 0 Å². The van der Waals surface area contributed by atoms with E-state index in [1.165, 1.54) is 16.7 Å². The van der Waals surface area contributed by atoms with E-state index in [0.29, 0.717) is 36.0 Å². The van der Waals surface area contributed by atoms with Crippen LogP contribution in [0.5, 0.6) is 0 Å². The van der Waals surface area contributed by atoms with Gasteiger partial charge in [-0.2, -0.15) is 0 Å². The molecule has 0 aromatic heterocycles. The van der Waals surface area contributed by atoms with Crippen LogP contribution in [-0.4, -0.2) is 65.7 Å². The Bertz CT molecular complexity index is 2080. The number of benzene rings is 4. The van der Waals surface area contributed by atoms with Crippen LogP contribution >= 0.6 is 23.2 Å². The highest BCUT2D eigenvalue weighted by atomic mass is 35.5. The zero-order valence-corrected chi connectivity index (χ0v) is 36.0. The molecule has 0 spiro atoms. The number of halogens is 2. The summed E-state index contributed by atoms with van der Waals surface area (Å²) in [6.07, 6.45) is 5.45. The van der Waals surface area contributed by atoms with Crippen LogP contribution in [0.15, 0.2) is 91.0 Å². The fraction of sp³-hybridized carbons (Fsp3) is 0.458. The maximum atomic E-state index is 13.5. The zero-order valence-electron chi connectivity index (χ0n) is 34.5. The van der Waals surface area contributed by atoms with Crippen LogP contribution in [0, 0.1) is 0 Å². The predicted octanol–water partition coefficient (Wildman–Crippen LogP) is 10.8. The summed E-state index contributed by atoms with van der Waals surface area (Å²) in [5.41, 5.74) is 4.60. The maximum Gasteiger partial charge on any atom is 0.328 e. The summed E-state index contributed by atoms with van der Waals surface area (Å²) < 4.78 is 7.31. The van der Waals surface area contributed by atoms with E-state index in [0.717, 1.165) is 54.4 Å². The molecule has 2 unspecified atom stereocenters. The summed E-state index contributed by atoms with van der Waals surface area (Å²) in [6, 6.07) is 30.9. The Morgan fingerprint density at radius 3 is 1.91 bits per heavy atom. The Morgan fingerprint density at radius 2 is 1.33 bits per heavy atom. The fourth-order valence-electron chi connectivity index (χ4n) is 10.1. The van der Waals surface area contributed by atoms with Gasteiger partial charge in [0.05, 0.1) is 12.1 Å². The second-order valence-corrected chi connectivity index (χ2v) is 18.1. The number of hydrogen-bond donors (Lipinski definition) is 2. The molecule has 7 nitrogen and oxygen atoms in total. The average Bonchev–Trinajstić information content (AvgIpc) is 3.60. The quantitative estimate of drug-likeness (QED) is 0.110. The van der Waals surface area contributed by atoms with E-state index in [1.807, 2.05) is 61.2 Å². The highest BCUT2D eigenvalue weighted by Crippen LogP contribution is 2.57. The summed E-state index contributed by atoms with van der Waals surface area (Å²) in [4.78, 5) is 28.7. The molecule has 0 fully saturated rings.